The largest absolute Gasteiger partial charge is 0.389 e. The summed E-state index contributed by atoms with van der Waals surface area (Å²) in [6.45, 7) is 4.47. The quantitative estimate of drug-likeness (QED) is 0.816. The molecule has 1 aliphatic rings. The molecule has 1 aromatic heterocycles. The molecule has 0 spiro atoms. The SMILES string of the molecule is CCN(C(=O)Cn1c(C)ccc(C(N)=S)c1=O)C1CC1. The number of pyridine rings is 1. The first-order valence-corrected chi connectivity index (χ1v) is 7.16. The number of hydrogen-bond donors (Lipinski definition) is 1. The van der Waals surface area contributed by atoms with Crippen LogP contribution in [0, 0.1) is 6.92 Å². The van der Waals surface area contributed by atoms with Crippen LogP contribution < -0.4 is 11.3 Å². The lowest BCUT2D eigenvalue weighted by Gasteiger charge is -2.21. The van der Waals surface area contributed by atoms with E-state index in [4.69, 9.17) is 18.0 Å². The molecule has 20 heavy (non-hydrogen) atoms. The van der Waals surface area contributed by atoms with Crippen molar-refractivity contribution in [1.29, 1.82) is 0 Å². The molecule has 1 saturated carbocycles. The molecule has 1 heterocycles. The molecule has 2 N–H and O–H groups in total. The molecule has 1 fully saturated rings. The maximum absolute atomic E-state index is 12.3. The zero-order chi connectivity index (χ0) is 14.9. The van der Waals surface area contributed by atoms with Gasteiger partial charge in [0.15, 0.2) is 0 Å². The average Bonchev–Trinajstić information content (AvgIpc) is 3.19. The number of likely N-dealkylation sites (N-methyl/N-ethyl adjacent to an activating group) is 1. The topological polar surface area (TPSA) is 68.3 Å². The van der Waals surface area contributed by atoms with Gasteiger partial charge in [-0.05, 0) is 38.8 Å². The third kappa shape index (κ3) is 2.90. The van der Waals surface area contributed by atoms with Crippen molar-refractivity contribution in [2.24, 2.45) is 5.73 Å². The van der Waals surface area contributed by atoms with E-state index in [1.807, 2.05) is 11.8 Å². The first-order chi connectivity index (χ1) is 9.45. The predicted octanol–water partition coefficient (Wildman–Crippen LogP) is 0.802. The lowest BCUT2D eigenvalue weighted by molar-refractivity contribution is -0.132. The van der Waals surface area contributed by atoms with Crippen molar-refractivity contribution < 1.29 is 4.79 Å². The van der Waals surface area contributed by atoms with Crippen molar-refractivity contribution in [3.8, 4) is 0 Å². The van der Waals surface area contributed by atoms with Crippen LogP contribution in [0.2, 0.25) is 0 Å². The number of nitrogens with two attached hydrogens (primary N) is 1. The van der Waals surface area contributed by atoms with Gasteiger partial charge in [-0.2, -0.15) is 0 Å². The van der Waals surface area contributed by atoms with E-state index < -0.39 is 0 Å². The van der Waals surface area contributed by atoms with Gasteiger partial charge >= 0.3 is 0 Å². The van der Waals surface area contributed by atoms with Crippen molar-refractivity contribution >= 4 is 23.1 Å². The van der Waals surface area contributed by atoms with Crippen LogP contribution in [0.5, 0.6) is 0 Å². The van der Waals surface area contributed by atoms with Gasteiger partial charge in [0, 0.05) is 18.3 Å². The van der Waals surface area contributed by atoms with Gasteiger partial charge in [0.2, 0.25) is 5.91 Å². The minimum absolute atomic E-state index is 0.0275. The molecule has 0 bridgehead atoms. The normalized spacial score (nSPS) is 14.1. The van der Waals surface area contributed by atoms with Gasteiger partial charge in [-0.1, -0.05) is 12.2 Å². The Morgan fingerprint density at radius 1 is 1.50 bits per heavy atom. The Morgan fingerprint density at radius 2 is 2.15 bits per heavy atom. The predicted molar refractivity (Wildman–Crippen MR) is 81.7 cm³/mol. The fourth-order valence-corrected chi connectivity index (χ4v) is 2.46. The Balaban J connectivity index is 2.28. The van der Waals surface area contributed by atoms with Crippen LogP contribution in [0.4, 0.5) is 0 Å². The number of carbonyl (C=O) groups excluding carboxylic acids is 1. The maximum Gasteiger partial charge on any atom is 0.261 e. The van der Waals surface area contributed by atoms with E-state index in [-0.39, 0.29) is 28.6 Å². The van der Waals surface area contributed by atoms with Crippen molar-refractivity contribution in [3.05, 3.63) is 33.7 Å². The van der Waals surface area contributed by atoms with Gasteiger partial charge in [0.05, 0.1) is 5.56 Å². The monoisotopic (exact) mass is 293 g/mol. The van der Waals surface area contributed by atoms with Gasteiger partial charge < -0.3 is 15.2 Å². The van der Waals surface area contributed by atoms with Gasteiger partial charge in [-0.3, -0.25) is 9.59 Å². The van der Waals surface area contributed by atoms with Gasteiger partial charge in [-0.25, -0.2) is 0 Å². The minimum Gasteiger partial charge on any atom is -0.389 e. The summed E-state index contributed by atoms with van der Waals surface area (Å²) in [6, 6.07) is 3.72. The highest BCUT2D eigenvalue weighted by atomic mass is 32.1. The highest BCUT2D eigenvalue weighted by Crippen LogP contribution is 2.26. The summed E-state index contributed by atoms with van der Waals surface area (Å²) in [5.74, 6) is -0.0275. The van der Waals surface area contributed by atoms with E-state index in [2.05, 4.69) is 0 Å². The minimum atomic E-state index is -0.294. The third-order valence-electron chi connectivity index (χ3n) is 3.60. The van der Waals surface area contributed by atoms with E-state index in [0.717, 1.165) is 18.5 Å². The number of rotatable bonds is 5. The van der Waals surface area contributed by atoms with Crippen LogP contribution in [0.1, 0.15) is 31.0 Å². The Bertz CT molecular complexity index is 605. The van der Waals surface area contributed by atoms with E-state index in [0.29, 0.717) is 12.6 Å². The van der Waals surface area contributed by atoms with Crippen LogP contribution in [0.3, 0.4) is 0 Å². The summed E-state index contributed by atoms with van der Waals surface area (Å²) in [7, 11) is 0. The van der Waals surface area contributed by atoms with Gasteiger partial charge in [0.25, 0.3) is 5.56 Å². The summed E-state index contributed by atoms with van der Waals surface area (Å²) in [4.78, 5) is 26.5. The Morgan fingerprint density at radius 3 is 2.65 bits per heavy atom. The van der Waals surface area contributed by atoms with Crippen LogP contribution in [0.15, 0.2) is 16.9 Å². The van der Waals surface area contributed by atoms with Crippen molar-refractivity contribution in [2.45, 2.75) is 39.3 Å². The molecule has 1 aromatic rings. The van der Waals surface area contributed by atoms with E-state index in [1.54, 1.807) is 19.1 Å². The summed E-state index contributed by atoms with van der Waals surface area (Å²) >= 11 is 4.86. The summed E-state index contributed by atoms with van der Waals surface area (Å²) in [6.07, 6.45) is 2.11. The van der Waals surface area contributed by atoms with E-state index in [1.165, 1.54) is 4.57 Å². The highest BCUT2D eigenvalue weighted by molar-refractivity contribution is 7.80. The smallest absolute Gasteiger partial charge is 0.261 e. The number of aryl methyl sites for hydroxylation is 1. The highest BCUT2D eigenvalue weighted by Gasteiger charge is 2.31. The number of nitrogens with zero attached hydrogens (tertiary/aromatic N) is 2. The molecular formula is C14H19N3O2S. The van der Waals surface area contributed by atoms with Gasteiger partial charge in [0.1, 0.15) is 11.5 Å². The summed E-state index contributed by atoms with van der Waals surface area (Å²) < 4.78 is 1.45. The Labute approximate surface area is 123 Å². The van der Waals surface area contributed by atoms with Crippen molar-refractivity contribution in [1.82, 2.24) is 9.47 Å². The first-order valence-electron chi connectivity index (χ1n) is 6.75. The molecule has 108 valence electrons. The number of carbonyl (C=O) groups is 1. The molecule has 0 aliphatic heterocycles. The van der Waals surface area contributed by atoms with E-state index in [9.17, 15) is 9.59 Å². The molecular weight excluding hydrogens is 274 g/mol. The molecule has 0 saturated heterocycles. The molecule has 1 amide bonds. The molecule has 1 aliphatic carbocycles. The number of hydrogen-bond acceptors (Lipinski definition) is 3. The average molecular weight is 293 g/mol. The lowest BCUT2D eigenvalue weighted by atomic mass is 10.2. The second-order valence-corrected chi connectivity index (χ2v) is 5.49. The standard InChI is InChI=1S/C14H19N3O2S/c1-3-16(10-5-6-10)12(18)8-17-9(2)4-7-11(13(15)20)14(17)19/h4,7,10H,3,5-6,8H2,1-2H3,(H2,15,20). The molecule has 6 heteroatoms. The second kappa shape index (κ2) is 5.75. The molecule has 2 rings (SSSR count). The molecule has 0 unspecified atom stereocenters. The van der Waals surface area contributed by atoms with Crippen LogP contribution in [-0.4, -0.2) is 32.9 Å². The zero-order valence-electron chi connectivity index (χ0n) is 11.8. The zero-order valence-corrected chi connectivity index (χ0v) is 12.6. The van der Waals surface area contributed by atoms with Crippen molar-refractivity contribution in [2.75, 3.05) is 6.54 Å². The number of amides is 1. The fraction of sp³-hybridized carbons (Fsp3) is 0.500. The summed E-state index contributed by atoms with van der Waals surface area (Å²) in [5, 5.41) is 0. The third-order valence-corrected chi connectivity index (χ3v) is 3.82. The van der Waals surface area contributed by atoms with Gasteiger partial charge in [-0.15, -0.1) is 0 Å². The van der Waals surface area contributed by atoms with Crippen LogP contribution in [0.25, 0.3) is 0 Å². The second-order valence-electron chi connectivity index (χ2n) is 5.05. The molecule has 0 radical (unpaired) electrons. The maximum atomic E-state index is 12.3. The molecule has 0 atom stereocenters. The van der Waals surface area contributed by atoms with Crippen LogP contribution >= 0.6 is 12.2 Å². The number of thiocarbonyl (C=S) groups is 1. The van der Waals surface area contributed by atoms with Crippen LogP contribution in [-0.2, 0) is 11.3 Å². The van der Waals surface area contributed by atoms with Crippen molar-refractivity contribution in [3.63, 3.8) is 0 Å². The Hall–Kier alpha value is -1.69. The van der Waals surface area contributed by atoms with E-state index >= 15 is 0 Å². The fourth-order valence-electron chi connectivity index (χ4n) is 2.31. The number of aromatic nitrogens is 1. The lowest BCUT2D eigenvalue weighted by Crippen LogP contribution is -2.39. The summed E-state index contributed by atoms with van der Waals surface area (Å²) in [5.41, 5.74) is 6.25. The Kier molecular flexibility index (Phi) is 4.23. The molecule has 0 aromatic carbocycles. The first kappa shape index (κ1) is 14.7. The molecule has 5 nitrogen and oxygen atoms in total.